The van der Waals surface area contributed by atoms with Crippen molar-refractivity contribution >= 4 is 5.91 Å². The number of carbonyl (C=O) groups is 1. The van der Waals surface area contributed by atoms with E-state index in [-0.39, 0.29) is 11.8 Å². The van der Waals surface area contributed by atoms with Crippen molar-refractivity contribution in [2.75, 3.05) is 19.8 Å². The van der Waals surface area contributed by atoms with E-state index in [0.29, 0.717) is 25.3 Å². The third-order valence-corrected chi connectivity index (χ3v) is 3.40. The number of ether oxygens (including phenoxy) is 2. The van der Waals surface area contributed by atoms with Gasteiger partial charge in [0.1, 0.15) is 0 Å². The fraction of sp³-hybridized carbons (Fsp3) is 0.600. The van der Waals surface area contributed by atoms with Crippen molar-refractivity contribution in [2.24, 2.45) is 5.92 Å². The van der Waals surface area contributed by atoms with Crippen molar-refractivity contribution in [1.82, 2.24) is 10.3 Å². The number of carbonyl (C=O) groups excluding carboxylic acids is 1. The molecule has 0 aromatic carbocycles. The summed E-state index contributed by atoms with van der Waals surface area (Å²) in [5.41, 5.74) is 1.49. The number of aromatic nitrogens is 1. The number of rotatable bonds is 5. The van der Waals surface area contributed by atoms with Gasteiger partial charge in [0, 0.05) is 24.9 Å². The van der Waals surface area contributed by atoms with Crippen molar-refractivity contribution in [1.29, 1.82) is 0 Å². The Morgan fingerprint density at radius 2 is 2.15 bits per heavy atom. The maximum Gasteiger partial charge on any atom is 0.252 e. The predicted octanol–water partition coefficient (Wildman–Crippen LogP) is 1.91. The van der Waals surface area contributed by atoms with Gasteiger partial charge < -0.3 is 14.8 Å². The summed E-state index contributed by atoms with van der Waals surface area (Å²) in [6.45, 7) is 7.79. The molecule has 1 aromatic heterocycles. The molecule has 1 amide bonds. The minimum Gasteiger partial charge on any atom is -0.352 e. The zero-order valence-electron chi connectivity index (χ0n) is 12.3. The van der Waals surface area contributed by atoms with Crippen LogP contribution in [0.1, 0.15) is 36.3 Å². The van der Waals surface area contributed by atoms with Gasteiger partial charge >= 0.3 is 0 Å². The Morgan fingerprint density at radius 3 is 2.75 bits per heavy atom. The SMILES string of the molecule is Cc1ccc(C(=O)NC[C@@H](C)CC2(C)OCCO2)cn1. The van der Waals surface area contributed by atoms with Gasteiger partial charge in [-0.1, -0.05) is 6.92 Å². The number of pyridine rings is 1. The van der Waals surface area contributed by atoms with Crippen molar-refractivity contribution in [3.63, 3.8) is 0 Å². The molecule has 1 saturated heterocycles. The summed E-state index contributed by atoms with van der Waals surface area (Å²) in [5, 5.41) is 2.92. The van der Waals surface area contributed by atoms with Crippen LogP contribution in [0.25, 0.3) is 0 Å². The number of amides is 1. The highest BCUT2D eigenvalue weighted by Gasteiger charge is 2.32. The summed E-state index contributed by atoms with van der Waals surface area (Å²) in [6, 6.07) is 3.62. The van der Waals surface area contributed by atoms with Crippen LogP contribution in [0.3, 0.4) is 0 Å². The van der Waals surface area contributed by atoms with Gasteiger partial charge in [-0.25, -0.2) is 0 Å². The second kappa shape index (κ2) is 6.33. The van der Waals surface area contributed by atoms with E-state index < -0.39 is 5.79 Å². The van der Waals surface area contributed by atoms with Gasteiger partial charge in [0.2, 0.25) is 0 Å². The molecule has 5 nitrogen and oxygen atoms in total. The fourth-order valence-electron chi connectivity index (χ4n) is 2.35. The van der Waals surface area contributed by atoms with Gasteiger partial charge in [-0.3, -0.25) is 9.78 Å². The molecule has 1 fully saturated rings. The molecular weight excluding hydrogens is 256 g/mol. The van der Waals surface area contributed by atoms with Crippen LogP contribution in [0.5, 0.6) is 0 Å². The normalized spacial score (nSPS) is 18.8. The summed E-state index contributed by atoms with van der Waals surface area (Å²) in [7, 11) is 0. The zero-order valence-corrected chi connectivity index (χ0v) is 12.3. The lowest BCUT2D eigenvalue weighted by Crippen LogP contribution is -2.34. The Kier molecular flexibility index (Phi) is 4.73. The Labute approximate surface area is 119 Å². The molecule has 0 bridgehead atoms. The van der Waals surface area contributed by atoms with Gasteiger partial charge in [0.05, 0.1) is 18.8 Å². The van der Waals surface area contributed by atoms with Crippen LogP contribution in [-0.4, -0.2) is 36.4 Å². The van der Waals surface area contributed by atoms with Gasteiger partial charge in [0.25, 0.3) is 5.91 Å². The van der Waals surface area contributed by atoms with Crippen LogP contribution < -0.4 is 5.32 Å². The Bertz CT molecular complexity index is 453. The minimum atomic E-state index is -0.504. The van der Waals surface area contributed by atoms with Crippen molar-refractivity contribution in [3.8, 4) is 0 Å². The topological polar surface area (TPSA) is 60.5 Å². The molecule has 1 aromatic rings. The van der Waals surface area contributed by atoms with Crippen LogP contribution in [0.4, 0.5) is 0 Å². The molecule has 0 spiro atoms. The van der Waals surface area contributed by atoms with Gasteiger partial charge in [-0.05, 0) is 31.9 Å². The first-order chi connectivity index (χ1) is 9.48. The molecular formula is C15H22N2O3. The smallest absolute Gasteiger partial charge is 0.252 e. The first-order valence-corrected chi connectivity index (χ1v) is 6.97. The van der Waals surface area contributed by atoms with Crippen molar-refractivity contribution in [2.45, 2.75) is 33.0 Å². The number of hydrogen-bond acceptors (Lipinski definition) is 4. The monoisotopic (exact) mass is 278 g/mol. The first-order valence-electron chi connectivity index (χ1n) is 6.97. The Balaban J connectivity index is 1.79. The maximum absolute atomic E-state index is 12.0. The van der Waals surface area contributed by atoms with Crippen LogP contribution in [0.2, 0.25) is 0 Å². The molecule has 2 rings (SSSR count). The molecule has 2 heterocycles. The lowest BCUT2D eigenvalue weighted by Gasteiger charge is -2.26. The second-order valence-corrected chi connectivity index (χ2v) is 5.54. The summed E-state index contributed by atoms with van der Waals surface area (Å²) < 4.78 is 11.1. The van der Waals surface area contributed by atoms with Crippen LogP contribution in [0, 0.1) is 12.8 Å². The minimum absolute atomic E-state index is 0.0947. The second-order valence-electron chi connectivity index (χ2n) is 5.54. The van der Waals surface area contributed by atoms with Crippen LogP contribution in [0.15, 0.2) is 18.3 Å². The largest absolute Gasteiger partial charge is 0.352 e. The van der Waals surface area contributed by atoms with Crippen LogP contribution >= 0.6 is 0 Å². The van der Waals surface area contributed by atoms with E-state index in [1.165, 1.54) is 0 Å². The molecule has 1 aliphatic heterocycles. The molecule has 1 aliphatic rings. The molecule has 0 saturated carbocycles. The van der Waals surface area contributed by atoms with E-state index >= 15 is 0 Å². The van der Waals surface area contributed by atoms with E-state index in [0.717, 1.165) is 12.1 Å². The molecule has 1 N–H and O–H groups in total. The lowest BCUT2D eigenvalue weighted by atomic mass is 10.0. The van der Waals surface area contributed by atoms with Crippen LogP contribution in [-0.2, 0) is 9.47 Å². The average Bonchev–Trinajstić information content (AvgIpc) is 2.83. The summed E-state index contributed by atoms with van der Waals surface area (Å²) >= 11 is 0. The zero-order chi connectivity index (χ0) is 14.6. The molecule has 110 valence electrons. The highest BCUT2D eigenvalue weighted by atomic mass is 16.7. The highest BCUT2D eigenvalue weighted by Crippen LogP contribution is 2.26. The third kappa shape index (κ3) is 4.02. The van der Waals surface area contributed by atoms with Crippen molar-refractivity contribution in [3.05, 3.63) is 29.6 Å². The number of nitrogens with one attached hydrogen (secondary N) is 1. The van der Waals surface area contributed by atoms with Crippen molar-refractivity contribution < 1.29 is 14.3 Å². The Morgan fingerprint density at radius 1 is 1.45 bits per heavy atom. The standard InChI is InChI=1S/C15H22N2O3/c1-11(8-15(3)19-6-7-20-15)9-17-14(18)13-5-4-12(2)16-10-13/h4-5,10-11H,6-9H2,1-3H3,(H,17,18)/t11-/m0/s1. The maximum atomic E-state index is 12.0. The molecule has 0 unspecified atom stereocenters. The quantitative estimate of drug-likeness (QED) is 0.893. The van der Waals surface area contributed by atoms with Gasteiger partial charge in [-0.2, -0.15) is 0 Å². The summed E-state index contributed by atoms with van der Waals surface area (Å²) in [6.07, 6.45) is 2.36. The fourth-order valence-corrected chi connectivity index (χ4v) is 2.35. The van der Waals surface area contributed by atoms with E-state index in [1.807, 2.05) is 19.9 Å². The molecule has 0 aliphatic carbocycles. The first kappa shape index (κ1) is 14.9. The number of nitrogens with zero attached hydrogens (tertiary/aromatic N) is 1. The number of aryl methyl sites for hydroxylation is 1. The molecule has 1 atom stereocenters. The lowest BCUT2D eigenvalue weighted by molar-refractivity contribution is -0.153. The summed E-state index contributed by atoms with van der Waals surface area (Å²) in [4.78, 5) is 16.1. The predicted molar refractivity (Wildman–Crippen MR) is 75.4 cm³/mol. The van der Waals surface area contributed by atoms with E-state index in [9.17, 15) is 4.79 Å². The highest BCUT2D eigenvalue weighted by molar-refractivity contribution is 5.93. The van der Waals surface area contributed by atoms with E-state index in [1.54, 1.807) is 12.3 Å². The Hall–Kier alpha value is -1.46. The van der Waals surface area contributed by atoms with Gasteiger partial charge in [0.15, 0.2) is 5.79 Å². The van der Waals surface area contributed by atoms with Gasteiger partial charge in [-0.15, -0.1) is 0 Å². The third-order valence-electron chi connectivity index (χ3n) is 3.40. The van der Waals surface area contributed by atoms with E-state index in [2.05, 4.69) is 17.2 Å². The molecule has 20 heavy (non-hydrogen) atoms. The molecule has 0 radical (unpaired) electrons. The van der Waals surface area contributed by atoms with E-state index in [4.69, 9.17) is 9.47 Å². The molecule has 5 heteroatoms. The average molecular weight is 278 g/mol. The number of hydrogen-bond donors (Lipinski definition) is 1. The summed E-state index contributed by atoms with van der Waals surface area (Å²) in [5.74, 6) is -0.321.